The average Bonchev–Trinajstić information content (AvgIpc) is 2.94. The number of ether oxygens (including phenoxy) is 2. The van der Waals surface area contributed by atoms with Crippen molar-refractivity contribution in [3.8, 4) is 11.5 Å². The molecule has 0 fully saturated rings. The predicted octanol–water partition coefficient (Wildman–Crippen LogP) is 3.83. The summed E-state index contributed by atoms with van der Waals surface area (Å²) in [6, 6.07) is 10.5. The smallest absolute Gasteiger partial charge is 0.271 e. The van der Waals surface area contributed by atoms with Crippen LogP contribution in [0.3, 0.4) is 0 Å². The van der Waals surface area contributed by atoms with E-state index in [1.165, 1.54) is 0 Å². The lowest BCUT2D eigenvalue weighted by atomic mass is 10.1. The number of hydrogen-bond donors (Lipinski definition) is 1. The van der Waals surface area contributed by atoms with Gasteiger partial charge in [0.15, 0.2) is 0 Å². The normalized spacial score (nSPS) is 15.7. The molecule has 1 aliphatic heterocycles. The number of carbonyl (C=O) groups excluding carboxylic acids is 1. The number of rotatable bonds is 5. The van der Waals surface area contributed by atoms with Gasteiger partial charge in [-0.25, -0.2) is 5.43 Å². The van der Waals surface area contributed by atoms with E-state index in [9.17, 15) is 4.79 Å². The Morgan fingerprint density at radius 2 is 2.16 bits per heavy atom. The van der Waals surface area contributed by atoms with E-state index < -0.39 is 0 Å². The Labute approximate surface area is 151 Å². The molecule has 0 spiro atoms. The van der Waals surface area contributed by atoms with Crippen LogP contribution in [0.2, 0.25) is 5.02 Å². The summed E-state index contributed by atoms with van der Waals surface area (Å²) in [7, 11) is 0. The largest absolute Gasteiger partial charge is 0.493 e. The maximum absolute atomic E-state index is 12.1. The zero-order valence-corrected chi connectivity index (χ0v) is 14.8. The van der Waals surface area contributed by atoms with E-state index in [1.54, 1.807) is 30.5 Å². The highest BCUT2D eigenvalue weighted by Crippen LogP contribution is 2.34. The van der Waals surface area contributed by atoms with Crippen LogP contribution < -0.4 is 14.9 Å². The van der Waals surface area contributed by atoms with Crippen molar-refractivity contribution in [3.05, 3.63) is 58.1 Å². The Bertz CT molecular complexity index is 803. The Hall–Kier alpha value is -2.53. The van der Waals surface area contributed by atoms with Gasteiger partial charge in [-0.15, -0.1) is 0 Å². The topological polar surface area (TPSA) is 59.9 Å². The first kappa shape index (κ1) is 17.3. The summed E-state index contributed by atoms with van der Waals surface area (Å²) in [4.78, 5) is 12.1. The molecular weight excluding hydrogens is 340 g/mol. The minimum Gasteiger partial charge on any atom is -0.493 e. The lowest BCUT2D eigenvalue weighted by Gasteiger charge is -2.09. The first-order valence-corrected chi connectivity index (χ1v) is 8.50. The molecule has 0 unspecified atom stereocenters. The second-order valence-electron chi connectivity index (χ2n) is 5.77. The van der Waals surface area contributed by atoms with E-state index in [-0.39, 0.29) is 12.0 Å². The summed E-state index contributed by atoms with van der Waals surface area (Å²) in [5.41, 5.74) is 4.87. The van der Waals surface area contributed by atoms with Crippen LogP contribution >= 0.6 is 11.6 Å². The van der Waals surface area contributed by atoms with Gasteiger partial charge in [0.25, 0.3) is 5.91 Å². The Kier molecular flexibility index (Phi) is 5.24. The molecule has 3 rings (SSSR count). The molecule has 0 bridgehead atoms. The maximum Gasteiger partial charge on any atom is 0.271 e. The van der Waals surface area contributed by atoms with Gasteiger partial charge in [0.05, 0.1) is 12.8 Å². The Balaban J connectivity index is 1.75. The zero-order valence-electron chi connectivity index (χ0n) is 14.1. The van der Waals surface area contributed by atoms with Gasteiger partial charge >= 0.3 is 0 Å². The summed E-state index contributed by atoms with van der Waals surface area (Å²) >= 11 is 5.82. The third kappa shape index (κ3) is 4.12. The minimum atomic E-state index is -0.308. The van der Waals surface area contributed by atoms with Crippen molar-refractivity contribution in [2.75, 3.05) is 6.61 Å². The molecule has 6 heteroatoms. The molecular formula is C19H19ClN2O3. The number of nitrogens with one attached hydrogen (secondary N) is 1. The van der Waals surface area contributed by atoms with Gasteiger partial charge in [0.2, 0.25) is 0 Å². The van der Waals surface area contributed by atoms with E-state index in [4.69, 9.17) is 21.1 Å². The van der Waals surface area contributed by atoms with Gasteiger partial charge in [0.1, 0.15) is 17.6 Å². The number of hydrogen-bond acceptors (Lipinski definition) is 4. The molecule has 0 radical (unpaired) electrons. The van der Waals surface area contributed by atoms with Crippen LogP contribution in [0.5, 0.6) is 11.5 Å². The molecule has 1 aliphatic rings. The molecule has 0 aliphatic carbocycles. The van der Waals surface area contributed by atoms with Gasteiger partial charge in [-0.1, -0.05) is 11.6 Å². The molecule has 0 saturated carbocycles. The number of halogens is 1. The summed E-state index contributed by atoms with van der Waals surface area (Å²) < 4.78 is 11.5. The molecule has 1 heterocycles. The molecule has 1 atom stereocenters. The highest BCUT2D eigenvalue weighted by Gasteiger charge is 2.21. The SMILES string of the molecule is CCOc1cc2c(cc1/C=N\NC(=O)c1ccc(Cl)cc1)O[C@H](C)C2. The van der Waals surface area contributed by atoms with Gasteiger partial charge in [0, 0.05) is 28.1 Å². The van der Waals surface area contributed by atoms with Gasteiger partial charge < -0.3 is 9.47 Å². The summed E-state index contributed by atoms with van der Waals surface area (Å²) in [6.07, 6.45) is 2.58. The lowest BCUT2D eigenvalue weighted by molar-refractivity contribution is 0.0955. The van der Waals surface area contributed by atoms with Crippen LogP contribution in [-0.4, -0.2) is 24.8 Å². The van der Waals surface area contributed by atoms with Crippen LogP contribution in [0, 0.1) is 0 Å². The van der Waals surface area contributed by atoms with Crippen LogP contribution in [0.15, 0.2) is 41.5 Å². The highest BCUT2D eigenvalue weighted by atomic mass is 35.5. The van der Waals surface area contributed by atoms with Crippen molar-refractivity contribution in [2.24, 2.45) is 5.10 Å². The van der Waals surface area contributed by atoms with Crippen LogP contribution in [0.1, 0.15) is 35.3 Å². The summed E-state index contributed by atoms with van der Waals surface area (Å²) in [5.74, 6) is 1.25. The fourth-order valence-electron chi connectivity index (χ4n) is 2.66. The molecule has 1 N–H and O–H groups in total. The third-order valence-corrected chi connectivity index (χ3v) is 4.06. The van der Waals surface area contributed by atoms with Gasteiger partial charge in [-0.2, -0.15) is 5.10 Å². The molecule has 2 aromatic carbocycles. The van der Waals surface area contributed by atoms with Crippen molar-refractivity contribution in [1.82, 2.24) is 5.43 Å². The van der Waals surface area contributed by atoms with Crippen molar-refractivity contribution < 1.29 is 14.3 Å². The molecule has 1 amide bonds. The summed E-state index contributed by atoms with van der Waals surface area (Å²) in [5, 5.41) is 4.61. The molecule has 130 valence electrons. The van der Waals surface area contributed by atoms with E-state index >= 15 is 0 Å². The fourth-order valence-corrected chi connectivity index (χ4v) is 2.79. The maximum atomic E-state index is 12.1. The highest BCUT2D eigenvalue weighted by molar-refractivity contribution is 6.30. The van der Waals surface area contributed by atoms with E-state index in [0.717, 1.165) is 29.0 Å². The average molecular weight is 359 g/mol. The fraction of sp³-hybridized carbons (Fsp3) is 0.263. The van der Waals surface area contributed by atoms with E-state index in [0.29, 0.717) is 17.2 Å². The van der Waals surface area contributed by atoms with E-state index in [1.807, 2.05) is 26.0 Å². The first-order valence-electron chi connectivity index (χ1n) is 8.12. The zero-order chi connectivity index (χ0) is 17.8. The monoisotopic (exact) mass is 358 g/mol. The number of carbonyl (C=O) groups is 1. The van der Waals surface area contributed by atoms with Crippen molar-refractivity contribution >= 4 is 23.7 Å². The quantitative estimate of drug-likeness (QED) is 0.652. The van der Waals surface area contributed by atoms with Crippen LogP contribution in [-0.2, 0) is 6.42 Å². The Morgan fingerprint density at radius 3 is 2.88 bits per heavy atom. The van der Waals surface area contributed by atoms with Crippen LogP contribution in [0.25, 0.3) is 0 Å². The second kappa shape index (κ2) is 7.57. The third-order valence-electron chi connectivity index (χ3n) is 3.80. The number of amides is 1. The van der Waals surface area contributed by atoms with Crippen molar-refractivity contribution in [3.63, 3.8) is 0 Å². The minimum absolute atomic E-state index is 0.154. The number of hydrazone groups is 1. The van der Waals surface area contributed by atoms with Crippen molar-refractivity contribution in [1.29, 1.82) is 0 Å². The van der Waals surface area contributed by atoms with E-state index in [2.05, 4.69) is 10.5 Å². The molecule has 5 nitrogen and oxygen atoms in total. The molecule has 2 aromatic rings. The number of benzene rings is 2. The molecule has 25 heavy (non-hydrogen) atoms. The predicted molar refractivity (Wildman–Crippen MR) is 97.9 cm³/mol. The lowest BCUT2D eigenvalue weighted by Crippen LogP contribution is -2.17. The molecule has 0 saturated heterocycles. The number of fused-ring (bicyclic) bond motifs is 1. The van der Waals surface area contributed by atoms with Crippen LogP contribution in [0.4, 0.5) is 0 Å². The Morgan fingerprint density at radius 1 is 1.40 bits per heavy atom. The van der Waals surface area contributed by atoms with Crippen molar-refractivity contribution in [2.45, 2.75) is 26.4 Å². The van der Waals surface area contributed by atoms with Gasteiger partial charge in [-0.3, -0.25) is 4.79 Å². The summed E-state index contributed by atoms with van der Waals surface area (Å²) in [6.45, 7) is 4.50. The number of nitrogens with zero attached hydrogens (tertiary/aromatic N) is 1. The van der Waals surface area contributed by atoms with Gasteiger partial charge in [-0.05, 0) is 50.2 Å². The second-order valence-corrected chi connectivity index (χ2v) is 6.21. The standard InChI is InChI=1S/C19H19ClN2O3/c1-3-24-17-9-14-8-12(2)25-18(14)10-15(17)11-21-22-19(23)13-4-6-16(20)7-5-13/h4-7,9-12H,3,8H2,1-2H3,(H,22,23)/b21-11-/t12-/m1/s1. The molecule has 0 aromatic heterocycles. The first-order chi connectivity index (χ1) is 12.1.